The van der Waals surface area contributed by atoms with Crippen LogP contribution in [-0.4, -0.2) is 24.1 Å². The molecule has 0 spiro atoms. The van der Waals surface area contributed by atoms with Gasteiger partial charge in [-0.15, -0.1) is 11.3 Å². The number of aromatic nitrogens is 5. The van der Waals surface area contributed by atoms with Crippen LogP contribution in [-0.2, 0) is 0 Å². The molecule has 0 amide bonds. The van der Waals surface area contributed by atoms with Gasteiger partial charge in [-0.05, 0) is 72.7 Å². The molecule has 5 heterocycles. The van der Waals surface area contributed by atoms with Crippen LogP contribution in [0.15, 0.2) is 200 Å². The Morgan fingerprint density at radius 3 is 2.00 bits per heavy atom. The van der Waals surface area contributed by atoms with Gasteiger partial charge in [0.25, 0.3) is 0 Å². The molecule has 8 aromatic carbocycles. The molecule has 1 aliphatic heterocycles. The first kappa shape index (κ1) is 35.5. The number of nitrogens with zero attached hydrogens (tertiary/aromatic N) is 5. The van der Waals surface area contributed by atoms with E-state index in [1.165, 1.54) is 58.3 Å². The first-order valence-corrected chi connectivity index (χ1v) is 22.5. The third-order valence-electron chi connectivity index (χ3n) is 13.1. The fraction of sp³-hybridized carbons (Fsp3) is 0.0351. The third-order valence-corrected chi connectivity index (χ3v) is 14.3. The average Bonchev–Trinajstić information content (AvgIpc) is 4.11. The molecule has 7 heteroatoms. The molecule has 2 aliphatic rings. The highest BCUT2D eigenvalue weighted by Gasteiger charge is 2.33. The van der Waals surface area contributed by atoms with Gasteiger partial charge in [-0.1, -0.05) is 133 Å². The van der Waals surface area contributed by atoms with Crippen molar-refractivity contribution < 1.29 is 4.74 Å². The number of rotatable bonds is 5. The lowest BCUT2D eigenvalue weighted by Crippen LogP contribution is -2.09. The van der Waals surface area contributed by atoms with E-state index in [-0.39, 0.29) is 5.92 Å². The number of para-hydroxylation sites is 4. The van der Waals surface area contributed by atoms with Crippen molar-refractivity contribution in [1.29, 1.82) is 0 Å². The minimum atomic E-state index is 0.112. The van der Waals surface area contributed by atoms with Gasteiger partial charge in [-0.3, -0.25) is 0 Å². The Hall–Kier alpha value is -8.13. The van der Waals surface area contributed by atoms with Crippen molar-refractivity contribution in [3.8, 4) is 39.9 Å². The summed E-state index contributed by atoms with van der Waals surface area (Å²) < 4.78 is 13.6. The molecular weight excluding hydrogens is 803 g/mol. The number of benzene rings is 8. The van der Waals surface area contributed by atoms with Crippen LogP contribution in [0, 0.1) is 0 Å². The van der Waals surface area contributed by atoms with Crippen LogP contribution in [0.5, 0.6) is 5.75 Å². The number of fused-ring (bicyclic) bond motifs is 13. The van der Waals surface area contributed by atoms with Gasteiger partial charge in [0.2, 0.25) is 0 Å². The van der Waals surface area contributed by atoms with Gasteiger partial charge in [-0.2, -0.15) is 0 Å². The van der Waals surface area contributed by atoms with Crippen molar-refractivity contribution in [2.75, 3.05) is 0 Å². The molecule has 0 N–H and O–H groups in total. The molecule has 0 radical (unpaired) electrons. The van der Waals surface area contributed by atoms with Crippen molar-refractivity contribution in [3.05, 3.63) is 211 Å². The fourth-order valence-electron chi connectivity index (χ4n) is 10.3. The molecule has 6 nitrogen and oxygen atoms in total. The highest BCUT2D eigenvalue weighted by molar-refractivity contribution is 7.26. The predicted octanol–water partition coefficient (Wildman–Crippen LogP) is 14.6. The summed E-state index contributed by atoms with van der Waals surface area (Å²) in [6.45, 7) is 0. The molecule has 0 bridgehead atoms. The van der Waals surface area contributed by atoms with Gasteiger partial charge in [0.1, 0.15) is 11.5 Å². The van der Waals surface area contributed by atoms with Crippen molar-refractivity contribution in [2.24, 2.45) is 0 Å². The molecule has 0 saturated carbocycles. The molecule has 1 unspecified atom stereocenters. The lowest BCUT2D eigenvalue weighted by molar-refractivity contribution is 0.426. The Bertz CT molecular complexity index is 3970. The smallest absolute Gasteiger partial charge is 0.164 e. The number of hydrogen-bond donors (Lipinski definition) is 0. The van der Waals surface area contributed by atoms with Crippen molar-refractivity contribution in [2.45, 2.75) is 12.3 Å². The maximum absolute atomic E-state index is 6.29. The van der Waals surface area contributed by atoms with Crippen molar-refractivity contribution >= 4 is 80.7 Å². The van der Waals surface area contributed by atoms with Crippen LogP contribution in [0.4, 0.5) is 0 Å². The molecule has 4 aromatic heterocycles. The van der Waals surface area contributed by atoms with Crippen LogP contribution < -0.4 is 4.74 Å². The first-order valence-electron chi connectivity index (χ1n) is 21.7. The molecule has 0 fully saturated rings. The molecule has 64 heavy (non-hydrogen) atoms. The first-order chi connectivity index (χ1) is 31.7. The summed E-state index contributed by atoms with van der Waals surface area (Å²) >= 11 is 1.81. The largest absolute Gasteiger partial charge is 0.461 e. The van der Waals surface area contributed by atoms with E-state index in [4.69, 9.17) is 19.7 Å². The Labute approximate surface area is 371 Å². The zero-order chi connectivity index (χ0) is 41.9. The predicted molar refractivity (Wildman–Crippen MR) is 263 cm³/mol. The number of hydrogen-bond acceptors (Lipinski definition) is 5. The van der Waals surface area contributed by atoms with E-state index in [0.29, 0.717) is 17.5 Å². The van der Waals surface area contributed by atoms with Gasteiger partial charge in [0.15, 0.2) is 17.5 Å². The monoisotopic (exact) mass is 837 g/mol. The van der Waals surface area contributed by atoms with Gasteiger partial charge >= 0.3 is 0 Å². The summed E-state index contributed by atoms with van der Waals surface area (Å²) in [6.07, 6.45) is 4.95. The van der Waals surface area contributed by atoms with Crippen molar-refractivity contribution in [3.63, 3.8) is 0 Å². The second kappa shape index (κ2) is 13.7. The zero-order valence-corrected chi connectivity index (χ0v) is 35.1. The van der Waals surface area contributed by atoms with E-state index in [1.54, 1.807) is 0 Å². The normalized spacial score (nSPS) is 14.7. The number of thiophene rings is 1. The molecule has 1 aliphatic carbocycles. The van der Waals surface area contributed by atoms with Crippen LogP contribution in [0.2, 0.25) is 0 Å². The van der Waals surface area contributed by atoms with Crippen LogP contribution in [0.25, 0.3) is 104 Å². The van der Waals surface area contributed by atoms with E-state index >= 15 is 0 Å². The SMILES string of the molecule is C1=C(c2nc(-c3ccccc3)nc(-c3cc(-n4c5ccccc5c5c4ccc4c6ccccc6n(-c6ccccc6)c45)c4c(c3)sc3ccccc34)n2)CC2C(=C1)Oc1ccccc12. The summed E-state index contributed by atoms with van der Waals surface area (Å²) in [5.74, 6) is 3.96. The average molecular weight is 838 g/mol. The summed E-state index contributed by atoms with van der Waals surface area (Å²) in [5.41, 5.74) is 11.0. The quantitative estimate of drug-likeness (QED) is 0.173. The summed E-state index contributed by atoms with van der Waals surface area (Å²) in [7, 11) is 0. The highest BCUT2D eigenvalue weighted by atomic mass is 32.1. The zero-order valence-electron chi connectivity index (χ0n) is 34.3. The lowest BCUT2D eigenvalue weighted by Gasteiger charge is -2.18. The van der Waals surface area contributed by atoms with E-state index < -0.39 is 0 Å². The maximum Gasteiger partial charge on any atom is 0.164 e. The van der Waals surface area contributed by atoms with Gasteiger partial charge in [0.05, 0.1) is 27.8 Å². The minimum absolute atomic E-state index is 0.112. The number of allylic oxidation sites excluding steroid dienone is 4. The molecule has 0 saturated heterocycles. The molecule has 12 aromatic rings. The van der Waals surface area contributed by atoms with E-state index in [0.717, 1.165) is 57.0 Å². The Morgan fingerprint density at radius 1 is 0.484 bits per heavy atom. The van der Waals surface area contributed by atoms with Crippen molar-refractivity contribution in [1.82, 2.24) is 24.1 Å². The molecule has 300 valence electrons. The van der Waals surface area contributed by atoms with Crippen LogP contribution in [0.1, 0.15) is 23.7 Å². The van der Waals surface area contributed by atoms with Gasteiger partial charge in [0, 0.05) is 70.0 Å². The second-order valence-corrected chi connectivity index (χ2v) is 17.8. The molecule has 1 atom stereocenters. The summed E-state index contributed by atoms with van der Waals surface area (Å²) in [6, 6.07) is 65.0. The Balaban J connectivity index is 1.05. The summed E-state index contributed by atoms with van der Waals surface area (Å²) in [4.78, 5) is 15.9. The van der Waals surface area contributed by atoms with Gasteiger partial charge in [-0.25, -0.2) is 15.0 Å². The third kappa shape index (κ3) is 5.22. The van der Waals surface area contributed by atoms with E-state index in [2.05, 4.69) is 173 Å². The Morgan fingerprint density at radius 2 is 1.16 bits per heavy atom. The second-order valence-electron chi connectivity index (χ2n) is 16.7. The van der Waals surface area contributed by atoms with E-state index in [1.807, 2.05) is 41.7 Å². The standard InChI is InChI=1S/C57H35N5OS/c1-3-15-34(16-4-1)55-58-56(35-27-30-49-43(31-35)39-20-9-13-25-48(39)63-49)60-57(59-55)36-32-47(52-42-22-10-14-26-50(42)64-51(52)33-36)62-45-24-12-8-21-41(45)53-46(62)29-28-40-38-19-7-11-23-44(38)61(54(40)53)37-17-5-2-6-18-37/h1-30,32-33,43H,31H2. The fourth-order valence-corrected chi connectivity index (χ4v) is 11.5. The highest BCUT2D eigenvalue weighted by Crippen LogP contribution is 2.49. The van der Waals surface area contributed by atoms with Gasteiger partial charge < -0.3 is 13.9 Å². The molecular formula is C57H35N5OS. The number of ether oxygens (including phenoxy) is 1. The van der Waals surface area contributed by atoms with Crippen LogP contribution >= 0.6 is 11.3 Å². The van der Waals surface area contributed by atoms with E-state index in [9.17, 15) is 0 Å². The topological polar surface area (TPSA) is 57.8 Å². The maximum atomic E-state index is 6.29. The summed E-state index contributed by atoms with van der Waals surface area (Å²) in [5, 5.41) is 7.31. The minimum Gasteiger partial charge on any atom is -0.461 e. The van der Waals surface area contributed by atoms with Crippen LogP contribution in [0.3, 0.4) is 0 Å². The molecule has 14 rings (SSSR count). The Kier molecular flexibility index (Phi) is 7.58. The lowest BCUT2D eigenvalue weighted by atomic mass is 9.87.